The van der Waals surface area contributed by atoms with Crippen molar-refractivity contribution in [3.63, 3.8) is 0 Å². The SMILES string of the molecule is CCCCC/C=C\C/C=C\CCCCCCCCOC(=O)CCNCCNCCNC(=O)CC(CC(=O)CC(CC)C(=O)NCCNCCNCCC(=O)OCCCCCCCC/C=C\C/C=C\CCCCC)C(=O)CC(CC(=O)CC(CC(=O)NCCNCCN)C(=O)NCCCC)C(=O)NCCNCCN. The molecular formula is C83H153N13O12. The number of esters is 2. The van der Waals surface area contributed by atoms with Crippen molar-refractivity contribution < 1.29 is 57.4 Å². The van der Waals surface area contributed by atoms with Crippen LogP contribution in [0.2, 0.25) is 0 Å². The van der Waals surface area contributed by atoms with Gasteiger partial charge in [0, 0.05) is 181 Å². The maximum atomic E-state index is 14.6. The van der Waals surface area contributed by atoms with Crippen molar-refractivity contribution in [2.75, 3.05) is 138 Å². The van der Waals surface area contributed by atoms with Crippen LogP contribution in [0.4, 0.5) is 0 Å². The first-order chi connectivity index (χ1) is 52.6. The number of ether oxygens (including phenoxy) is 2. The molecule has 622 valence electrons. The molecule has 108 heavy (non-hydrogen) atoms. The minimum absolute atomic E-state index is 0.131. The Balaban J connectivity index is 5.57. The zero-order valence-corrected chi connectivity index (χ0v) is 67.8. The molecule has 0 heterocycles. The van der Waals surface area contributed by atoms with E-state index in [1.165, 1.54) is 89.9 Å². The number of nitrogens with two attached hydrogens (primary N) is 2. The third-order valence-corrected chi connectivity index (χ3v) is 18.4. The van der Waals surface area contributed by atoms with Crippen LogP contribution in [0, 0.1) is 23.7 Å². The van der Waals surface area contributed by atoms with Crippen molar-refractivity contribution in [2.45, 2.75) is 259 Å². The van der Waals surface area contributed by atoms with E-state index in [0.717, 1.165) is 70.6 Å². The van der Waals surface area contributed by atoms with Crippen molar-refractivity contribution in [1.82, 2.24) is 58.5 Å². The van der Waals surface area contributed by atoms with Crippen LogP contribution in [0.25, 0.3) is 0 Å². The highest BCUT2D eigenvalue weighted by atomic mass is 16.5. The van der Waals surface area contributed by atoms with Crippen molar-refractivity contribution in [2.24, 2.45) is 35.1 Å². The molecule has 0 radical (unpaired) electrons. The lowest BCUT2D eigenvalue weighted by molar-refractivity contribution is -0.144. The van der Waals surface area contributed by atoms with Gasteiger partial charge in [0.25, 0.3) is 0 Å². The largest absolute Gasteiger partial charge is 0.466 e. The van der Waals surface area contributed by atoms with Crippen LogP contribution in [0.3, 0.4) is 0 Å². The van der Waals surface area contributed by atoms with Crippen LogP contribution in [-0.4, -0.2) is 196 Å². The fraction of sp³-hybridized carbons (Fsp3) is 0.783. The number of ketones is 3. The summed E-state index contributed by atoms with van der Waals surface area (Å²) in [6, 6.07) is 0. The average molecular weight is 1530 g/mol. The van der Waals surface area contributed by atoms with E-state index in [4.69, 9.17) is 20.9 Å². The summed E-state index contributed by atoms with van der Waals surface area (Å²) in [4.78, 5) is 135. The van der Waals surface area contributed by atoms with E-state index in [1.54, 1.807) is 6.92 Å². The van der Waals surface area contributed by atoms with Gasteiger partial charge in [-0.2, -0.15) is 0 Å². The van der Waals surface area contributed by atoms with E-state index in [0.29, 0.717) is 124 Å². The molecule has 0 spiro atoms. The highest BCUT2D eigenvalue weighted by molar-refractivity contribution is 5.97. The Bertz CT molecular complexity index is 2430. The summed E-state index contributed by atoms with van der Waals surface area (Å²) in [5.41, 5.74) is 11.2. The Morgan fingerprint density at radius 1 is 0.296 bits per heavy atom. The molecule has 0 aliphatic heterocycles. The summed E-state index contributed by atoms with van der Waals surface area (Å²) >= 11 is 0. The summed E-state index contributed by atoms with van der Waals surface area (Å²) < 4.78 is 10.9. The summed E-state index contributed by atoms with van der Waals surface area (Å²) in [6.45, 7) is 16.8. The zero-order chi connectivity index (χ0) is 79.2. The van der Waals surface area contributed by atoms with Crippen molar-refractivity contribution in [3.05, 3.63) is 48.6 Å². The van der Waals surface area contributed by atoms with Gasteiger partial charge >= 0.3 is 11.9 Å². The number of unbranched alkanes of at least 4 members (excludes halogenated alkanes) is 19. The third-order valence-electron chi connectivity index (χ3n) is 18.4. The third kappa shape index (κ3) is 66.9. The number of carbonyl (C=O) groups excluding carboxylic acids is 10. The van der Waals surface area contributed by atoms with E-state index >= 15 is 0 Å². The van der Waals surface area contributed by atoms with Gasteiger partial charge in [0.1, 0.15) is 17.3 Å². The van der Waals surface area contributed by atoms with Crippen molar-refractivity contribution in [1.29, 1.82) is 0 Å². The second kappa shape index (κ2) is 77.7. The Morgan fingerprint density at radius 3 is 1.02 bits per heavy atom. The first-order valence-corrected chi connectivity index (χ1v) is 42.1. The molecule has 4 atom stereocenters. The molecule has 25 nitrogen and oxygen atoms in total. The molecule has 0 fully saturated rings. The molecule has 0 rings (SSSR count). The van der Waals surface area contributed by atoms with Gasteiger partial charge in [-0.05, 0) is 89.9 Å². The van der Waals surface area contributed by atoms with E-state index in [1.807, 2.05) is 6.92 Å². The Kier molecular flexibility index (Phi) is 73.3. The average Bonchev–Trinajstić information content (AvgIpc) is 0.864. The zero-order valence-electron chi connectivity index (χ0n) is 67.8. The fourth-order valence-electron chi connectivity index (χ4n) is 11.8. The second-order valence-corrected chi connectivity index (χ2v) is 28.3. The molecular weight excluding hydrogens is 1370 g/mol. The molecule has 0 aromatic rings. The number of rotatable bonds is 80. The number of amides is 5. The van der Waals surface area contributed by atoms with Gasteiger partial charge in [0.2, 0.25) is 29.5 Å². The molecule has 0 saturated heterocycles. The molecule has 0 aromatic carbocycles. The van der Waals surface area contributed by atoms with Gasteiger partial charge < -0.3 is 79.4 Å². The predicted octanol–water partition coefficient (Wildman–Crippen LogP) is 8.63. The Labute approximate surface area is 651 Å². The number of carbonyl (C=O) groups is 10. The monoisotopic (exact) mass is 1520 g/mol. The topological polar surface area (TPSA) is 374 Å². The molecule has 5 amide bonds. The molecule has 0 saturated carbocycles. The molecule has 0 bridgehead atoms. The summed E-state index contributed by atoms with van der Waals surface area (Å²) in [6.07, 6.45) is 45.3. The van der Waals surface area contributed by atoms with Gasteiger partial charge in [-0.3, -0.25) is 47.9 Å². The maximum absolute atomic E-state index is 14.6. The van der Waals surface area contributed by atoms with E-state index in [-0.39, 0.29) is 69.7 Å². The van der Waals surface area contributed by atoms with Gasteiger partial charge in [0.15, 0.2) is 0 Å². The second-order valence-electron chi connectivity index (χ2n) is 28.3. The number of hydrogen-bond donors (Lipinski definition) is 13. The van der Waals surface area contributed by atoms with E-state index < -0.39 is 96.8 Å². The Morgan fingerprint density at radius 2 is 0.611 bits per heavy atom. The van der Waals surface area contributed by atoms with E-state index in [9.17, 15) is 47.9 Å². The normalized spacial score (nSPS) is 12.7. The standard InChI is InChI=1S/C83H153N13O12/c1-5-9-12-14-16-18-20-22-24-26-28-30-32-34-36-38-61-107-79(102)40-45-86-49-51-90-54-58-92-77(100)68-71(76(99)67-72(82(105)96-59-55-89-48-43-85)65-75(98)66-73(83(106)94-44-11-7-3)69-78(101)93-57-53-88-47-42-84)64-74(97)63-70(8-4)81(104)95-60-56-91-52-50-87-46-41-80(103)108-62-39-37-35-33-31-29-27-25-23-21-19-17-15-13-10-6-2/h16-19,22-25,70-73,86-91H,5-15,20-21,26-69,84-85H2,1-4H3,(H,92,100)(H,93,101)(H,94,106)(H,95,104)(H,96,105)/b18-16-,19-17-,24-22-,25-23-. The van der Waals surface area contributed by atoms with Crippen molar-refractivity contribution in [3.8, 4) is 0 Å². The first kappa shape index (κ1) is 102. The fourth-order valence-corrected chi connectivity index (χ4v) is 11.8. The highest BCUT2D eigenvalue weighted by Gasteiger charge is 2.34. The number of allylic oxidation sites excluding steroid dienone is 8. The van der Waals surface area contributed by atoms with Gasteiger partial charge in [-0.1, -0.05) is 160 Å². The number of nitrogens with one attached hydrogen (secondary N) is 11. The molecule has 0 aliphatic rings. The highest BCUT2D eigenvalue weighted by Crippen LogP contribution is 2.24. The molecule has 15 N–H and O–H groups in total. The molecule has 25 heteroatoms. The molecule has 0 aliphatic carbocycles. The van der Waals surface area contributed by atoms with Gasteiger partial charge in [-0.25, -0.2) is 0 Å². The van der Waals surface area contributed by atoms with Crippen LogP contribution in [0.5, 0.6) is 0 Å². The summed E-state index contributed by atoms with van der Waals surface area (Å²) in [5, 5.41) is 33.2. The number of Topliss-reactive ketones (excluding diaryl/α,β-unsaturated/α-hetero) is 3. The summed E-state index contributed by atoms with van der Waals surface area (Å²) in [7, 11) is 0. The lowest BCUT2D eigenvalue weighted by Crippen LogP contribution is -2.41. The van der Waals surface area contributed by atoms with Crippen LogP contribution >= 0.6 is 0 Å². The lowest BCUT2D eigenvalue weighted by atomic mass is 9.83. The smallest absolute Gasteiger partial charge is 0.307 e. The summed E-state index contributed by atoms with van der Waals surface area (Å²) in [5.74, 6) is -8.75. The van der Waals surface area contributed by atoms with Crippen LogP contribution in [0.15, 0.2) is 48.6 Å². The van der Waals surface area contributed by atoms with Crippen LogP contribution in [-0.2, 0) is 57.4 Å². The first-order valence-electron chi connectivity index (χ1n) is 42.1. The van der Waals surface area contributed by atoms with Crippen LogP contribution in [0.1, 0.15) is 259 Å². The maximum Gasteiger partial charge on any atom is 0.307 e. The lowest BCUT2D eigenvalue weighted by Gasteiger charge is -2.22. The molecule has 0 aromatic heterocycles. The predicted molar refractivity (Wildman–Crippen MR) is 437 cm³/mol. The minimum Gasteiger partial charge on any atom is -0.466 e. The minimum atomic E-state index is -1.26. The van der Waals surface area contributed by atoms with E-state index in [2.05, 4.69) is 121 Å². The Hall–Kier alpha value is -6.06. The molecule has 4 unspecified atom stereocenters. The number of hydrogen-bond acceptors (Lipinski definition) is 20. The quantitative estimate of drug-likeness (QED) is 0.0154. The van der Waals surface area contributed by atoms with Crippen molar-refractivity contribution >= 4 is 58.8 Å². The van der Waals surface area contributed by atoms with Crippen LogP contribution < -0.4 is 70.0 Å². The van der Waals surface area contributed by atoms with Gasteiger partial charge in [-0.15, -0.1) is 0 Å². The van der Waals surface area contributed by atoms with Gasteiger partial charge in [0.05, 0.1) is 37.9 Å².